The van der Waals surface area contributed by atoms with E-state index in [0.717, 1.165) is 12.1 Å². The van der Waals surface area contributed by atoms with E-state index in [0.29, 0.717) is 51.4 Å². The van der Waals surface area contributed by atoms with Gasteiger partial charge in [0.2, 0.25) is 0 Å². The van der Waals surface area contributed by atoms with Crippen molar-refractivity contribution in [3.63, 3.8) is 0 Å². The highest BCUT2D eigenvalue weighted by atomic mass is 19.1. The van der Waals surface area contributed by atoms with Crippen LogP contribution in [0.1, 0.15) is 15.9 Å². The lowest BCUT2D eigenvalue weighted by molar-refractivity contribution is -0.0515. The van der Waals surface area contributed by atoms with E-state index >= 15 is 0 Å². The number of rotatable bonds is 10. The number of ether oxygens (including phenoxy) is 2. The van der Waals surface area contributed by atoms with Crippen LogP contribution in [-0.4, -0.2) is 86.1 Å². The Bertz CT molecular complexity index is 803. The smallest absolute Gasteiger partial charge is 0.254 e. The molecule has 1 aliphatic heterocycles. The first-order valence-electron chi connectivity index (χ1n) is 10.6. The molecule has 6 nitrogen and oxygen atoms in total. The molecule has 0 spiro atoms. The molecular formula is C24H31FN2O4. The quantitative estimate of drug-likeness (QED) is 0.626. The molecule has 1 fully saturated rings. The molecule has 2 aromatic carbocycles. The number of nitrogens with zero attached hydrogens (tertiary/aromatic N) is 2. The molecule has 168 valence electrons. The van der Waals surface area contributed by atoms with Crippen molar-refractivity contribution < 1.29 is 23.8 Å². The summed E-state index contributed by atoms with van der Waals surface area (Å²) in [4.78, 5) is 16.8. The highest BCUT2D eigenvalue weighted by Crippen LogP contribution is 2.13. The zero-order valence-electron chi connectivity index (χ0n) is 18.0. The third kappa shape index (κ3) is 7.40. The fourth-order valence-electron chi connectivity index (χ4n) is 3.80. The Morgan fingerprint density at radius 3 is 2.71 bits per heavy atom. The van der Waals surface area contributed by atoms with Gasteiger partial charge in [-0.05, 0) is 36.2 Å². The van der Waals surface area contributed by atoms with Gasteiger partial charge in [0.15, 0.2) is 0 Å². The highest BCUT2D eigenvalue weighted by molar-refractivity contribution is 5.94. The molecule has 2 unspecified atom stereocenters. The number of amides is 1. The molecule has 0 aromatic heterocycles. The van der Waals surface area contributed by atoms with E-state index in [-0.39, 0.29) is 17.8 Å². The van der Waals surface area contributed by atoms with E-state index in [1.807, 2.05) is 30.3 Å². The van der Waals surface area contributed by atoms with Crippen LogP contribution in [0.4, 0.5) is 4.39 Å². The summed E-state index contributed by atoms with van der Waals surface area (Å²) in [5, 5.41) is 10.5. The predicted molar refractivity (Wildman–Crippen MR) is 117 cm³/mol. The molecule has 1 aliphatic rings. The lowest BCUT2D eigenvalue weighted by atomic mass is 10.1. The summed E-state index contributed by atoms with van der Waals surface area (Å²) in [5.41, 5.74) is 1.54. The van der Waals surface area contributed by atoms with E-state index < -0.39 is 6.10 Å². The maximum atomic E-state index is 13.2. The number of morpholine rings is 1. The van der Waals surface area contributed by atoms with E-state index in [1.165, 1.54) is 24.3 Å². The zero-order chi connectivity index (χ0) is 22.1. The number of carbonyl (C=O) groups excluding carboxylic acids is 1. The lowest BCUT2D eigenvalue weighted by Gasteiger charge is -2.36. The minimum atomic E-state index is -0.466. The van der Waals surface area contributed by atoms with Gasteiger partial charge < -0.3 is 19.5 Å². The standard InChI is InChI=1S/C24H31FN2O4/c1-30-13-12-27(24(29)20-7-9-21(25)10-8-20)18-23-17-26(11-14-31-23)16-22(28)15-19-5-3-2-4-6-19/h2-10,22-23,28H,11-18H2,1H3. The Kier molecular flexibility index (Phi) is 8.97. The first kappa shape index (κ1) is 23.3. The first-order chi connectivity index (χ1) is 15.0. The molecule has 0 saturated carbocycles. The number of hydrogen-bond acceptors (Lipinski definition) is 5. The highest BCUT2D eigenvalue weighted by Gasteiger charge is 2.26. The molecule has 1 heterocycles. The van der Waals surface area contributed by atoms with Gasteiger partial charge in [-0.3, -0.25) is 9.69 Å². The summed E-state index contributed by atoms with van der Waals surface area (Å²) in [6.07, 6.45) is -0.0307. The average Bonchev–Trinajstić information content (AvgIpc) is 2.77. The van der Waals surface area contributed by atoms with Crippen molar-refractivity contribution in [1.82, 2.24) is 9.80 Å². The van der Waals surface area contributed by atoms with Crippen LogP contribution < -0.4 is 0 Å². The zero-order valence-corrected chi connectivity index (χ0v) is 18.0. The topological polar surface area (TPSA) is 62.2 Å². The van der Waals surface area contributed by atoms with Crippen molar-refractivity contribution in [1.29, 1.82) is 0 Å². The summed E-state index contributed by atoms with van der Waals surface area (Å²) in [6, 6.07) is 15.5. The predicted octanol–water partition coefficient (Wildman–Crippen LogP) is 2.22. The van der Waals surface area contributed by atoms with E-state index in [9.17, 15) is 14.3 Å². The number of aliphatic hydroxyl groups is 1. The van der Waals surface area contributed by atoms with E-state index in [4.69, 9.17) is 9.47 Å². The molecule has 1 saturated heterocycles. The molecule has 7 heteroatoms. The van der Waals surface area contributed by atoms with Crippen molar-refractivity contribution in [2.75, 3.05) is 53.0 Å². The number of methoxy groups -OCH3 is 1. The van der Waals surface area contributed by atoms with Gasteiger partial charge >= 0.3 is 0 Å². The van der Waals surface area contributed by atoms with Crippen molar-refractivity contribution in [2.24, 2.45) is 0 Å². The molecule has 1 N–H and O–H groups in total. The number of β-amino-alcohol motifs (C(OH)–C–C–N with tert-alkyl or cyclic N) is 1. The van der Waals surface area contributed by atoms with Gasteiger partial charge in [-0.2, -0.15) is 0 Å². The summed E-state index contributed by atoms with van der Waals surface area (Å²) in [5.74, 6) is -0.554. The van der Waals surface area contributed by atoms with Crippen LogP contribution in [0.5, 0.6) is 0 Å². The lowest BCUT2D eigenvalue weighted by Crippen LogP contribution is -2.51. The third-order valence-corrected chi connectivity index (χ3v) is 5.37. The fraction of sp³-hybridized carbons (Fsp3) is 0.458. The van der Waals surface area contributed by atoms with Gasteiger partial charge in [0.05, 0.1) is 25.4 Å². The number of hydrogen-bond donors (Lipinski definition) is 1. The summed E-state index contributed by atoms with van der Waals surface area (Å²) in [7, 11) is 1.59. The van der Waals surface area contributed by atoms with Gasteiger partial charge in [-0.25, -0.2) is 4.39 Å². The molecule has 0 radical (unpaired) electrons. The van der Waals surface area contributed by atoms with Crippen molar-refractivity contribution in [3.8, 4) is 0 Å². The normalized spacial score (nSPS) is 18.0. The number of benzene rings is 2. The minimum absolute atomic E-state index is 0.168. The Labute approximate surface area is 183 Å². The Hall–Kier alpha value is -2.32. The van der Waals surface area contributed by atoms with Gasteiger partial charge in [0.1, 0.15) is 5.82 Å². The Morgan fingerprint density at radius 1 is 1.26 bits per heavy atom. The van der Waals surface area contributed by atoms with Crippen LogP contribution in [0.15, 0.2) is 54.6 Å². The SMILES string of the molecule is COCCN(CC1CN(CC(O)Cc2ccccc2)CCO1)C(=O)c1ccc(F)cc1. The van der Waals surface area contributed by atoms with Crippen LogP contribution in [0, 0.1) is 5.82 Å². The molecule has 2 aromatic rings. The molecular weight excluding hydrogens is 399 g/mol. The molecule has 0 bridgehead atoms. The average molecular weight is 431 g/mol. The molecule has 3 rings (SSSR count). The largest absolute Gasteiger partial charge is 0.391 e. The van der Waals surface area contributed by atoms with Gasteiger partial charge in [0.25, 0.3) is 5.91 Å². The maximum Gasteiger partial charge on any atom is 0.254 e. The monoisotopic (exact) mass is 430 g/mol. The van der Waals surface area contributed by atoms with Crippen LogP contribution >= 0.6 is 0 Å². The summed E-state index contributed by atoms with van der Waals surface area (Å²) < 4.78 is 24.3. The van der Waals surface area contributed by atoms with E-state index in [2.05, 4.69) is 4.90 Å². The van der Waals surface area contributed by atoms with Crippen molar-refractivity contribution in [2.45, 2.75) is 18.6 Å². The third-order valence-electron chi connectivity index (χ3n) is 5.37. The molecule has 1 amide bonds. The molecule has 2 atom stereocenters. The van der Waals surface area contributed by atoms with E-state index in [1.54, 1.807) is 12.0 Å². The maximum absolute atomic E-state index is 13.2. The van der Waals surface area contributed by atoms with Gasteiger partial charge in [-0.15, -0.1) is 0 Å². The van der Waals surface area contributed by atoms with Gasteiger partial charge in [-0.1, -0.05) is 30.3 Å². The van der Waals surface area contributed by atoms with Crippen LogP contribution in [0.2, 0.25) is 0 Å². The second kappa shape index (κ2) is 11.9. The van der Waals surface area contributed by atoms with Gasteiger partial charge in [0, 0.05) is 45.4 Å². The number of halogens is 1. The number of aliphatic hydroxyl groups excluding tert-OH is 1. The van der Waals surface area contributed by atoms with Crippen LogP contribution in [0.25, 0.3) is 0 Å². The molecule has 31 heavy (non-hydrogen) atoms. The summed E-state index contributed by atoms with van der Waals surface area (Å²) in [6.45, 7) is 3.70. The van der Waals surface area contributed by atoms with Crippen molar-refractivity contribution >= 4 is 5.91 Å². The Balaban J connectivity index is 1.56. The summed E-state index contributed by atoms with van der Waals surface area (Å²) >= 11 is 0. The van der Waals surface area contributed by atoms with Crippen LogP contribution in [-0.2, 0) is 15.9 Å². The Morgan fingerprint density at radius 2 is 2.00 bits per heavy atom. The first-order valence-corrected chi connectivity index (χ1v) is 10.6. The number of carbonyl (C=O) groups is 1. The second-order valence-corrected chi connectivity index (χ2v) is 7.85. The minimum Gasteiger partial charge on any atom is -0.391 e. The second-order valence-electron chi connectivity index (χ2n) is 7.85. The fourth-order valence-corrected chi connectivity index (χ4v) is 3.80. The van der Waals surface area contributed by atoms with Crippen molar-refractivity contribution in [3.05, 3.63) is 71.5 Å². The molecule has 0 aliphatic carbocycles. The van der Waals surface area contributed by atoms with Crippen LogP contribution in [0.3, 0.4) is 0 Å².